The van der Waals surface area contributed by atoms with Crippen LogP contribution in [0.5, 0.6) is 0 Å². The summed E-state index contributed by atoms with van der Waals surface area (Å²) >= 11 is 1.61. The van der Waals surface area contributed by atoms with Crippen LogP contribution in [0.25, 0.3) is 0 Å². The van der Waals surface area contributed by atoms with E-state index in [4.69, 9.17) is 0 Å². The van der Waals surface area contributed by atoms with Crippen molar-refractivity contribution in [1.82, 2.24) is 10.6 Å². The molecule has 2 amide bonds. The normalized spacial score (nSPS) is 25.1. The van der Waals surface area contributed by atoms with Crippen molar-refractivity contribution in [3.05, 3.63) is 52.2 Å². The number of hydrogen-bond donors (Lipinski definition) is 2. The molecular weight excluding hydrogens is 370 g/mol. The van der Waals surface area contributed by atoms with Gasteiger partial charge in [-0.2, -0.15) is 0 Å². The van der Waals surface area contributed by atoms with Gasteiger partial charge < -0.3 is 15.5 Å². The van der Waals surface area contributed by atoms with E-state index in [-0.39, 0.29) is 23.8 Å². The van der Waals surface area contributed by atoms with Gasteiger partial charge in [0, 0.05) is 29.6 Å². The second kappa shape index (κ2) is 8.45. The molecule has 3 atom stereocenters. The molecule has 0 radical (unpaired) electrons. The van der Waals surface area contributed by atoms with Crippen molar-refractivity contribution in [3.8, 4) is 0 Å². The van der Waals surface area contributed by atoms with Crippen molar-refractivity contribution < 1.29 is 9.59 Å². The van der Waals surface area contributed by atoms with Crippen LogP contribution in [0.4, 0.5) is 5.69 Å². The van der Waals surface area contributed by atoms with Crippen LogP contribution in [0, 0.1) is 12.8 Å². The van der Waals surface area contributed by atoms with Gasteiger partial charge in [-0.3, -0.25) is 9.59 Å². The highest BCUT2D eigenvalue weighted by Crippen LogP contribution is 2.41. The minimum Gasteiger partial charge on any atom is -0.354 e. The molecule has 2 aliphatic heterocycles. The number of nitrogens with zero attached hydrogens (tertiary/aromatic N) is 1. The van der Waals surface area contributed by atoms with Gasteiger partial charge in [0.25, 0.3) is 0 Å². The van der Waals surface area contributed by atoms with Crippen LogP contribution < -0.4 is 15.5 Å². The fourth-order valence-electron chi connectivity index (χ4n) is 4.25. The Morgan fingerprint density at radius 3 is 2.75 bits per heavy atom. The summed E-state index contributed by atoms with van der Waals surface area (Å²) in [5.74, 6) is -0.0977. The molecule has 28 heavy (non-hydrogen) atoms. The van der Waals surface area contributed by atoms with Crippen LogP contribution in [0.1, 0.15) is 42.2 Å². The fraction of sp³-hybridized carbons (Fsp3) is 0.455. The molecule has 2 aliphatic rings. The number of thiophene rings is 1. The van der Waals surface area contributed by atoms with E-state index in [1.807, 2.05) is 53.6 Å². The van der Waals surface area contributed by atoms with Crippen LogP contribution in [0.3, 0.4) is 0 Å². The molecule has 2 saturated heterocycles. The summed E-state index contributed by atoms with van der Waals surface area (Å²) in [6.07, 6.45) is 3.26. The third-order valence-corrected chi connectivity index (χ3v) is 6.71. The smallest absolute Gasteiger partial charge is 0.227 e. The van der Waals surface area contributed by atoms with Crippen molar-refractivity contribution in [3.63, 3.8) is 0 Å². The van der Waals surface area contributed by atoms with Crippen LogP contribution >= 0.6 is 11.3 Å². The molecule has 0 spiro atoms. The maximum absolute atomic E-state index is 13.1. The predicted molar refractivity (Wildman–Crippen MR) is 112 cm³/mol. The topological polar surface area (TPSA) is 61.4 Å². The third kappa shape index (κ3) is 3.98. The van der Waals surface area contributed by atoms with Gasteiger partial charge in [-0.15, -0.1) is 11.3 Å². The molecule has 1 aromatic carbocycles. The minimum atomic E-state index is -0.250. The largest absolute Gasteiger partial charge is 0.354 e. The summed E-state index contributed by atoms with van der Waals surface area (Å²) in [6, 6.07) is 12.1. The van der Waals surface area contributed by atoms with Crippen molar-refractivity contribution >= 4 is 28.8 Å². The Morgan fingerprint density at radius 1 is 1.25 bits per heavy atom. The first kappa shape index (κ1) is 19.2. The summed E-state index contributed by atoms with van der Waals surface area (Å²) < 4.78 is 0. The highest BCUT2D eigenvalue weighted by atomic mass is 32.1. The van der Waals surface area contributed by atoms with E-state index in [0.29, 0.717) is 25.4 Å². The van der Waals surface area contributed by atoms with Gasteiger partial charge in [-0.05, 0) is 56.3 Å². The monoisotopic (exact) mass is 397 g/mol. The van der Waals surface area contributed by atoms with Crippen molar-refractivity contribution in [1.29, 1.82) is 0 Å². The van der Waals surface area contributed by atoms with E-state index in [9.17, 15) is 9.59 Å². The quantitative estimate of drug-likeness (QED) is 0.813. The summed E-state index contributed by atoms with van der Waals surface area (Å²) in [7, 11) is 0. The van der Waals surface area contributed by atoms with Crippen LogP contribution in [0.2, 0.25) is 0 Å². The molecule has 2 fully saturated rings. The zero-order chi connectivity index (χ0) is 19.5. The Bertz CT molecular complexity index is 813. The number of aryl methyl sites for hydroxylation is 1. The van der Waals surface area contributed by atoms with E-state index >= 15 is 0 Å². The fourth-order valence-corrected chi connectivity index (χ4v) is 5.13. The summed E-state index contributed by atoms with van der Waals surface area (Å²) in [6.45, 7) is 3.72. The predicted octanol–water partition coefficient (Wildman–Crippen LogP) is 3.41. The van der Waals surface area contributed by atoms with Crippen LogP contribution in [-0.2, 0) is 9.59 Å². The zero-order valence-electron chi connectivity index (χ0n) is 16.2. The molecule has 5 nitrogen and oxygen atoms in total. The second-order valence-corrected chi connectivity index (χ2v) is 8.72. The van der Waals surface area contributed by atoms with E-state index in [0.717, 1.165) is 35.5 Å². The van der Waals surface area contributed by atoms with Gasteiger partial charge in [-0.25, -0.2) is 0 Å². The van der Waals surface area contributed by atoms with Gasteiger partial charge >= 0.3 is 0 Å². The van der Waals surface area contributed by atoms with Crippen molar-refractivity contribution in [2.24, 2.45) is 5.92 Å². The molecule has 148 valence electrons. The molecule has 2 N–H and O–H groups in total. The molecule has 1 aromatic heterocycles. The molecule has 3 unspecified atom stereocenters. The molecule has 0 saturated carbocycles. The maximum Gasteiger partial charge on any atom is 0.227 e. The van der Waals surface area contributed by atoms with Gasteiger partial charge in [-0.1, -0.05) is 23.8 Å². The van der Waals surface area contributed by atoms with Crippen LogP contribution in [0.15, 0.2) is 41.8 Å². The second-order valence-electron chi connectivity index (χ2n) is 7.74. The van der Waals surface area contributed by atoms with Gasteiger partial charge in [0.2, 0.25) is 11.8 Å². The average molecular weight is 398 g/mol. The summed E-state index contributed by atoms with van der Waals surface area (Å²) in [5, 5.41) is 8.58. The first-order chi connectivity index (χ1) is 13.6. The summed E-state index contributed by atoms with van der Waals surface area (Å²) in [4.78, 5) is 28.9. The zero-order valence-corrected chi connectivity index (χ0v) is 17.0. The maximum atomic E-state index is 13.1. The number of carbonyl (C=O) groups is 2. The lowest BCUT2D eigenvalue weighted by atomic mass is 9.86. The Kier molecular flexibility index (Phi) is 5.78. The van der Waals surface area contributed by atoms with Crippen molar-refractivity contribution in [2.75, 3.05) is 18.0 Å². The highest BCUT2D eigenvalue weighted by Gasteiger charge is 2.42. The number of carbonyl (C=O) groups excluding carboxylic acids is 2. The lowest BCUT2D eigenvalue weighted by molar-refractivity contribution is -0.129. The molecule has 6 heteroatoms. The Hall–Kier alpha value is -2.18. The Morgan fingerprint density at radius 2 is 2.07 bits per heavy atom. The van der Waals surface area contributed by atoms with Gasteiger partial charge in [0.15, 0.2) is 0 Å². The molecule has 3 heterocycles. The number of hydrogen-bond acceptors (Lipinski definition) is 4. The van der Waals surface area contributed by atoms with Gasteiger partial charge in [0.05, 0.1) is 12.0 Å². The Labute approximate surface area is 170 Å². The SMILES string of the molecule is Cc1ccc(N2C(=O)CCC(C(=O)NCC3CCCN3)C2c2cccs2)cc1. The number of anilines is 1. The first-order valence-electron chi connectivity index (χ1n) is 10.1. The van der Waals surface area contributed by atoms with E-state index < -0.39 is 0 Å². The van der Waals surface area contributed by atoms with E-state index in [1.54, 1.807) is 11.3 Å². The number of rotatable bonds is 5. The highest BCUT2D eigenvalue weighted by molar-refractivity contribution is 7.10. The first-order valence-corrected chi connectivity index (χ1v) is 10.9. The minimum absolute atomic E-state index is 0.0525. The standard InChI is InChI=1S/C22H27N3O2S/c1-15-6-8-17(9-7-15)25-20(26)11-10-18(21(25)19-5-3-13-28-19)22(27)24-14-16-4-2-12-23-16/h3,5-9,13,16,18,21,23H,2,4,10-12,14H2,1H3,(H,24,27). The van der Waals surface area contributed by atoms with Crippen LogP contribution in [-0.4, -0.2) is 30.9 Å². The number of benzene rings is 1. The number of amides is 2. The molecule has 2 aromatic rings. The lowest BCUT2D eigenvalue weighted by Gasteiger charge is -2.40. The molecule has 0 aliphatic carbocycles. The third-order valence-electron chi connectivity index (χ3n) is 5.77. The van der Waals surface area contributed by atoms with Crippen molar-refractivity contribution in [2.45, 2.75) is 44.7 Å². The van der Waals surface area contributed by atoms with E-state index in [2.05, 4.69) is 10.6 Å². The number of nitrogens with one attached hydrogen (secondary N) is 2. The molecule has 0 bridgehead atoms. The molecular formula is C22H27N3O2S. The lowest BCUT2D eigenvalue weighted by Crippen LogP contribution is -2.49. The Balaban J connectivity index is 1.60. The van der Waals surface area contributed by atoms with E-state index in [1.165, 1.54) is 0 Å². The summed E-state index contributed by atoms with van der Waals surface area (Å²) in [5.41, 5.74) is 2.02. The number of piperidine rings is 1. The molecule has 4 rings (SSSR count). The average Bonchev–Trinajstić information content (AvgIpc) is 3.41. The van der Waals surface area contributed by atoms with Gasteiger partial charge in [0.1, 0.15) is 0 Å².